The van der Waals surface area contributed by atoms with E-state index in [1.165, 1.54) is 17.4 Å². The zero-order valence-corrected chi connectivity index (χ0v) is 20.9. The molecular weight excluding hydrogens is 483 g/mol. The molecule has 1 atom stereocenters. The van der Waals surface area contributed by atoms with Crippen LogP contribution >= 0.6 is 11.3 Å². The molecular formula is C27H25FN2O5S. The molecule has 4 rings (SSSR count). The molecule has 2 aromatic carbocycles. The van der Waals surface area contributed by atoms with Crippen LogP contribution in [0.2, 0.25) is 0 Å². The van der Waals surface area contributed by atoms with E-state index >= 15 is 0 Å². The van der Waals surface area contributed by atoms with Gasteiger partial charge in [0.25, 0.3) is 0 Å². The van der Waals surface area contributed by atoms with Crippen molar-refractivity contribution in [2.24, 2.45) is 0 Å². The van der Waals surface area contributed by atoms with Gasteiger partial charge in [-0.3, -0.25) is 9.59 Å². The third kappa shape index (κ3) is 5.85. The maximum absolute atomic E-state index is 14.0. The van der Waals surface area contributed by atoms with Crippen molar-refractivity contribution in [3.63, 3.8) is 0 Å². The van der Waals surface area contributed by atoms with Crippen LogP contribution in [0.5, 0.6) is 0 Å². The highest BCUT2D eigenvalue weighted by molar-refractivity contribution is 7.18. The minimum absolute atomic E-state index is 0.0702. The number of nitrogens with zero attached hydrogens (tertiary/aromatic N) is 2. The second-order valence-corrected chi connectivity index (χ2v) is 9.15. The summed E-state index contributed by atoms with van der Waals surface area (Å²) in [6, 6.07) is 13.7. The van der Waals surface area contributed by atoms with Gasteiger partial charge in [0.2, 0.25) is 0 Å². The van der Waals surface area contributed by atoms with Crippen LogP contribution in [0.25, 0.3) is 21.2 Å². The highest BCUT2D eigenvalue weighted by Gasteiger charge is 2.23. The van der Waals surface area contributed by atoms with Crippen LogP contribution in [0, 0.1) is 12.7 Å². The van der Waals surface area contributed by atoms with Crippen LogP contribution < -0.4 is 0 Å². The SMILES string of the molecule is CCOC(=O)Cc1ccc(-c2ncc(-c3onc(C)c3CC(=O)O[C@H](C)c3ccccc3F)s2)cc1. The molecule has 0 unspecified atom stereocenters. The Bertz CT molecular complexity index is 1360. The number of halogens is 1. The number of carbonyl (C=O) groups excluding carboxylic acids is 2. The van der Waals surface area contributed by atoms with Crippen molar-refractivity contribution in [2.45, 2.75) is 39.7 Å². The fraction of sp³-hybridized carbons (Fsp3) is 0.259. The maximum Gasteiger partial charge on any atom is 0.311 e. The van der Waals surface area contributed by atoms with Gasteiger partial charge in [-0.2, -0.15) is 0 Å². The molecule has 0 amide bonds. The molecule has 0 saturated heterocycles. The van der Waals surface area contributed by atoms with E-state index < -0.39 is 17.9 Å². The summed E-state index contributed by atoms with van der Waals surface area (Å²) in [5.41, 5.74) is 3.22. The monoisotopic (exact) mass is 508 g/mol. The van der Waals surface area contributed by atoms with Crippen LogP contribution in [0.1, 0.15) is 42.3 Å². The zero-order valence-electron chi connectivity index (χ0n) is 20.1. The summed E-state index contributed by atoms with van der Waals surface area (Å²) in [4.78, 5) is 29.5. The summed E-state index contributed by atoms with van der Waals surface area (Å²) in [5.74, 6) is -0.756. The van der Waals surface area contributed by atoms with Crippen molar-refractivity contribution < 1.29 is 28.0 Å². The number of hydrogen-bond donors (Lipinski definition) is 0. The standard InChI is InChI=1S/C27H25FN2O5S/c1-4-33-24(31)13-18-9-11-19(12-10-18)27-29-15-23(36-27)26-21(16(2)30-35-26)14-25(32)34-17(3)20-7-5-6-8-22(20)28/h5-12,15,17H,4,13-14H2,1-3H3/t17-/m1/s1. The number of ether oxygens (including phenoxy) is 2. The zero-order chi connectivity index (χ0) is 25.7. The van der Waals surface area contributed by atoms with E-state index in [-0.39, 0.29) is 18.8 Å². The Balaban J connectivity index is 1.47. The lowest BCUT2D eigenvalue weighted by atomic mass is 10.1. The van der Waals surface area contributed by atoms with Crippen molar-refractivity contribution >= 4 is 23.3 Å². The van der Waals surface area contributed by atoms with Crippen molar-refractivity contribution in [2.75, 3.05) is 6.61 Å². The lowest BCUT2D eigenvalue weighted by Crippen LogP contribution is -2.13. The van der Waals surface area contributed by atoms with E-state index in [9.17, 15) is 14.0 Å². The Morgan fingerprint density at radius 2 is 1.83 bits per heavy atom. The average molecular weight is 509 g/mol. The van der Waals surface area contributed by atoms with E-state index in [1.807, 2.05) is 24.3 Å². The summed E-state index contributed by atoms with van der Waals surface area (Å²) >= 11 is 1.40. The number of aryl methyl sites for hydroxylation is 1. The Hall–Kier alpha value is -3.85. The van der Waals surface area contributed by atoms with Crippen LogP contribution in [-0.4, -0.2) is 28.7 Å². The predicted molar refractivity (Wildman–Crippen MR) is 133 cm³/mol. The number of aromatic nitrogens is 2. The molecule has 36 heavy (non-hydrogen) atoms. The second kappa shape index (κ2) is 11.3. The number of esters is 2. The van der Waals surface area contributed by atoms with Gasteiger partial charge < -0.3 is 14.0 Å². The van der Waals surface area contributed by atoms with Gasteiger partial charge in [-0.05, 0) is 32.4 Å². The van der Waals surface area contributed by atoms with Gasteiger partial charge in [0.05, 0.1) is 30.0 Å². The fourth-order valence-electron chi connectivity index (χ4n) is 3.70. The number of thiazole rings is 1. The lowest BCUT2D eigenvalue weighted by molar-refractivity contribution is -0.148. The third-order valence-electron chi connectivity index (χ3n) is 5.54. The molecule has 0 aliphatic heterocycles. The van der Waals surface area contributed by atoms with Gasteiger partial charge in [0.15, 0.2) is 5.76 Å². The summed E-state index contributed by atoms with van der Waals surface area (Å²) < 4.78 is 30.0. The Morgan fingerprint density at radius 1 is 1.08 bits per heavy atom. The molecule has 4 aromatic rings. The molecule has 0 saturated carbocycles. The minimum atomic E-state index is -0.732. The molecule has 0 aliphatic rings. The van der Waals surface area contributed by atoms with E-state index in [2.05, 4.69) is 10.1 Å². The van der Waals surface area contributed by atoms with Gasteiger partial charge in [-0.25, -0.2) is 9.37 Å². The van der Waals surface area contributed by atoms with Gasteiger partial charge in [-0.1, -0.05) is 47.6 Å². The molecule has 0 N–H and O–H groups in total. The second-order valence-electron chi connectivity index (χ2n) is 8.11. The Labute approximate surface area is 211 Å². The van der Waals surface area contributed by atoms with Crippen molar-refractivity contribution in [3.05, 3.63) is 82.9 Å². The van der Waals surface area contributed by atoms with Gasteiger partial charge in [0.1, 0.15) is 16.9 Å². The first-order valence-electron chi connectivity index (χ1n) is 11.5. The van der Waals surface area contributed by atoms with Crippen LogP contribution in [0.3, 0.4) is 0 Å². The molecule has 186 valence electrons. The number of rotatable bonds is 9. The lowest BCUT2D eigenvalue weighted by Gasteiger charge is -2.14. The molecule has 7 nitrogen and oxygen atoms in total. The normalized spacial score (nSPS) is 11.8. The highest BCUT2D eigenvalue weighted by atomic mass is 32.1. The van der Waals surface area contributed by atoms with Crippen LogP contribution in [0.4, 0.5) is 4.39 Å². The molecule has 2 heterocycles. The van der Waals surface area contributed by atoms with E-state index in [0.717, 1.165) is 16.1 Å². The molecule has 0 aliphatic carbocycles. The van der Waals surface area contributed by atoms with Gasteiger partial charge >= 0.3 is 11.9 Å². The molecule has 0 fully saturated rings. The topological polar surface area (TPSA) is 91.5 Å². The molecule has 0 spiro atoms. The molecule has 0 radical (unpaired) electrons. The van der Waals surface area contributed by atoms with Gasteiger partial charge in [-0.15, -0.1) is 11.3 Å². The van der Waals surface area contributed by atoms with E-state index in [1.54, 1.807) is 45.2 Å². The largest absolute Gasteiger partial charge is 0.466 e. The van der Waals surface area contributed by atoms with Crippen molar-refractivity contribution in [3.8, 4) is 21.2 Å². The van der Waals surface area contributed by atoms with Gasteiger partial charge in [0, 0.05) is 22.9 Å². The molecule has 9 heteroatoms. The first kappa shape index (κ1) is 25.2. The summed E-state index contributed by atoms with van der Waals surface area (Å²) in [6.07, 6.45) is 1.08. The van der Waals surface area contributed by atoms with E-state index in [0.29, 0.717) is 34.1 Å². The number of benzene rings is 2. The smallest absolute Gasteiger partial charge is 0.311 e. The Morgan fingerprint density at radius 3 is 2.56 bits per heavy atom. The maximum atomic E-state index is 14.0. The highest BCUT2D eigenvalue weighted by Crippen LogP contribution is 2.35. The summed E-state index contributed by atoms with van der Waals surface area (Å²) in [6.45, 7) is 5.51. The third-order valence-corrected chi connectivity index (χ3v) is 6.59. The predicted octanol–water partition coefficient (Wildman–Crippen LogP) is 5.87. The quantitative estimate of drug-likeness (QED) is 0.261. The van der Waals surface area contributed by atoms with Crippen molar-refractivity contribution in [1.82, 2.24) is 10.1 Å². The van der Waals surface area contributed by atoms with Crippen LogP contribution in [0.15, 0.2) is 59.3 Å². The van der Waals surface area contributed by atoms with Crippen LogP contribution in [-0.2, 0) is 31.9 Å². The number of hydrogen-bond acceptors (Lipinski definition) is 8. The van der Waals surface area contributed by atoms with E-state index in [4.69, 9.17) is 14.0 Å². The van der Waals surface area contributed by atoms with Crippen molar-refractivity contribution in [1.29, 1.82) is 0 Å². The first-order valence-corrected chi connectivity index (χ1v) is 12.3. The summed E-state index contributed by atoms with van der Waals surface area (Å²) in [7, 11) is 0. The minimum Gasteiger partial charge on any atom is -0.466 e. The fourth-order valence-corrected chi connectivity index (χ4v) is 4.62. The average Bonchev–Trinajstić information content (AvgIpc) is 3.47. The Kier molecular flexibility index (Phi) is 7.90. The first-order chi connectivity index (χ1) is 17.4. The summed E-state index contributed by atoms with van der Waals surface area (Å²) in [5, 5.41) is 4.78. The molecule has 2 aromatic heterocycles. The number of carbonyl (C=O) groups is 2. The molecule has 0 bridgehead atoms.